The molecule has 0 radical (unpaired) electrons. The Hall–Kier alpha value is -2.42. The van der Waals surface area contributed by atoms with Crippen LogP contribution in [0.5, 0.6) is 0 Å². The number of pyridine rings is 1. The molecule has 178 valence electrons. The van der Waals surface area contributed by atoms with Crippen LogP contribution in [0.1, 0.15) is 60.5 Å². The molecular weight excluding hydrogens is 472 g/mol. The summed E-state index contributed by atoms with van der Waals surface area (Å²) < 4.78 is 1.77. The van der Waals surface area contributed by atoms with E-state index in [0.29, 0.717) is 24.0 Å². The number of halogens is 1. The van der Waals surface area contributed by atoms with Gasteiger partial charge in [0, 0.05) is 30.1 Å². The summed E-state index contributed by atoms with van der Waals surface area (Å²) in [7, 11) is 0. The Morgan fingerprint density at radius 3 is 2.59 bits per heavy atom. The molecule has 4 heterocycles. The zero-order valence-corrected chi connectivity index (χ0v) is 20.4. The molecule has 6 rings (SSSR count). The lowest BCUT2D eigenvalue weighted by Crippen LogP contribution is -2.56. The Morgan fingerprint density at radius 2 is 1.91 bits per heavy atom. The summed E-state index contributed by atoms with van der Waals surface area (Å²) in [6.07, 6.45) is 5.16. The van der Waals surface area contributed by atoms with Gasteiger partial charge in [-0.3, -0.25) is 9.59 Å². The number of aromatic nitrogens is 2. The van der Waals surface area contributed by atoms with Crippen molar-refractivity contribution < 1.29 is 14.7 Å². The number of piperazine rings is 1. The van der Waals surface area contributed by atoms with E-state index in [1.807, 2.05) is 10.3 Å². The highest BCUT2D eigenvalue weighted by atomic mass is 35.5. The summed E-state index contributed by atoms with van der Waals surface area (Å²) in [6, 6.07) is 6.42. The molecule has 0 aromatic carbocycles. The number of hydrogen-bond donors (Lipinski definition) is 1. The molecule has 3 aromatic heterocycles. The maximum Gasteiger partial charge on any atom is 0.276 e. The second-order valence-corrected chi connectivity index (χ2v) is 10.9. The number of carbonyl (C=O) groups excluding carboxylic acids is 2. The minimum absolute atomic E-state index is 0.0345. The third-order valence-electron chi connectivity index (χ3n) is 7.42. The Bertz CT molecular complexity index is 1240. The molecule has 7 nitrogen and oxygen atoms in total. The molecule has 3 aliphatic rings. The van der Waals surface area contributed by atoms with Crippen molar-refractivity contribution in [2.75, 3.05) is 19.6 Å². The minimum Gasteiger partial charge on any atom is -0.393 e. The lowest BCUT2D eigenvalue weighted by molar-refractivity contribution is -0.138. The summed E-state index contributed by atoms with van der Waals surface area (Å²) in [6.45, 7) is 0.994. The normalized spacial score (nSPS) is 23.6. The van der Waals surface area contributed by atoms with Crippen molar-refractivity contribution in [2.24, 2.45) is 0 Å². The first-order valence-corrected chi connectivity index (χ1v) is 13.3. The molecule has 0 unspecified atom stereocenters. The predicted octanol–water partition coefficient (Wildman–Crippen LogP) is 4.18. The molecule has 0 spiro atoms. The lowest BCUT2D eigenvalue weighted by atomic mass is 9.91. The van der Waals surface area contributed by atoms with Crippen LogP contribution >= 0.6 is 22.9 Å². The number of aliphatic hydroxyl groups is 1. The van der Waals surface area contributed by atoms with Crippen LogP contribution in [0.2, 0.25) is 5.02 Å². The molecule has 1 saturated heterocycles. The molecule has 34 heavy (non-hydrogen) atoms. The van der Waals surface area contributed by atoms with Crippen LogP contribution < -0.4 is 0 Å². The van der Waals surface area contributed by atoms with E-state index in [1.54, 1.807) is 20.8 Å². The fraction of sp³-hybridized carbons (Fsp3) is 0.480. The van der Waals surface area contributed by atoms with Crippen LogP contribution in [-0.4, -0.2) is 68.1 Å². The van der Waals surface area contributed by atoms with Crippen LogP contribution in [0.25, 0.3) is 16.8 Å². The molecule has 2 amide bonds. The van der Waals surface area contributed by atoms with E-state index in [0.717, 1.165) is 42.5 Å². The number of carbonyl (C=O) groups is 2. The van der Waals surface area contributed by atoms with E-state index < -0.39 is 0 Å². The van der Waals surface area contributed by atoms with Crippen molar-refractivity contribution in [2.45, 2.75) is 56.6 Å². The van der Waals surface area contributed by atoms with Crippen LogP contribution in [0, 0.1) is 0 Å². The summed E-state index contributed by atoms with van der Waals surface area (Å²) in [4.78, 5) is 29.8. The third kappa shape index (κ3) is 3.91. The van der Waals surface area contributed by atoms with Gasteiger partial charge in [0.2, 0.25) is 5.91 Å². The Balaban J connectivity index is 1.28. The van der Waals surface area contributed by atoms with Gasteiger partial charge in [-0.25, -0.2) is 4.52 Å². The second-order valence-electron chi connectivity index (χ2n) is 9.70. The zero-order chi connectivity index (χ0) is 23.4. The molecule has 0 atom stereocenters. The summed E-state index contributed by atoms with van der Waals surface area (Å²) >= 11 is 8.37. The Labute approximate surface area is 206 Å². The van der Waals surface area contributed by atoms with Crippen LogP contribution in [0.3, 0.4) is 0 Å². The van der Waals surface area contributed by atoms with Gasteiger partial charge in [-0.2, -0.15) is 16.4 Å². The molecular formula is C25H27ClN4O3S. The SMILES string of the molecule is O=C(c1nn2c(-c3ccsc3)cc(C3CC3)cc2c1Cl)N1CCN([C@H]2CC[C@H](O)CC2)C(=O)C1. The largest absolute Gasteiger partial charge is 0.393 e. The van der Waals surface area contributed by atoms with Gasteiger partial charge in [-0.1, -0.05) is 11.6 Å². The Kier molecular flexibility index (Phi) is 5.62. The number of fused-ring (bicyclic) bond motifs is 1. The fourth-order valence-corrected chi connectivity index (χ4v) is 6.21. The first-order chi connectivity index (χ1) is 16.5. The van der Waals surface area contributed by atoms with Crippen LogP contribution in [0.4, 0.5) is 0 Å². The fourth-order valence-electron chi connectivity index (χ4n) is 5.31. The molecule has 1 N–H and O–H groups in total. The van der Waals surface area contributed by atoms with Gasteiger partial charge < -0.3 is 14.9 Å². The van der Waals surface area contributed by atoms with Gasteiger partial charge in [-0.05, 0) is 73.6 Å². The molecule has 2 aliphatic carbocycles. The minimum atomic E-state index is -0.301. The number of aliphatic hydroxyl groups excluding tert-OH is 1. The molecule has 0 bridgehead atoms. The first kappa shape index (κ1) is 22.1. The van der Waals surface area contributed by atoms with Gasteiger partial charge in [0.25, 0.3) is 5.91 Å². The zero-order valence-electron chi connectivity index (χ0n) is 18.8. The van der Waals surface area contributed by atoms with Crippen molar-refractivity contribution in [3.63, 3.8) is 0 Å². The smallest absolute Gasteiger partial charge is 0.276 e. The highest BCUT2D eigenvalue weighted by Crippen LogP contribution is 2.43. The topological polar surface area (TPSA) is 78.2 Å². The van der Waals surface area contributed by atoms with E-state index in [4.69, 9.17) is 11.6 Å². The van der Waals surface area contributed by atoms with Crippen molar-refractivity contribution in [1.29, 1.82) is 0 Å². The van der Waals surface area contributed by atoms with Crippen molar-refractivity contribution >= 4 is 40.3 Å². The summed E-state index contributed by atoms with van der Waals surface area (Å²) in [5.74, 6) is 0.194. The van der Waals surface area contributed by atoms with Gasteiger partial charge >= 0.3 is 0 Å². The standard InChI is InChI=1S/C25H27ClN4O3S/c26-23-21-12-17(15-1-2-15)11-20(16-7-10-34-14-16)30(21)27-24(23)25(33)28-8-9-29(22(32)13-28)18-3-5-19(31)6-4-18/h7,10-12,14-15,18-19,31H,1-6,8-9,13H2/t18-,19-. The van der Waals surface area contributed by atoms with E-state index in [2.05, 4.69) is 28.7 Å². The number of amides is 2. The van der Waals surface area contributed by atoms with Gasteiger partial charge in [0.1, 0.15) is 6.54 Å². The molecule has 1 aliphatic heterocycles. The van der Waals surface area contributed by atoms with Crippen molar-refractivity contribution in [3.8, 4) is 11.3 Å². The lowest BCUT2D eigenvalue weighted by Gasteiger charge is -2.41. The second kappa shape index (κ2) is 8.66. The van der Waals surface area contributed by atoms with E-state index in [1.165, 1.54) is 18.4 Å². The van der Waals surface area contributed by atoms with Crippen LogP contribution in [0.15, 0.2) is 29.0 Å². The van der Waals surface area contributed by atoms with Gasteiger partial charge in [-0.15, -0.1) is 0 Å². The number of rotatable bonds is 4. The quantitative estimate of drug-likeness (QED) is 0.585. The maximum atomic E-state index is 13.5. The van der Waals surface area contributed by atoms with E-state index in [9.17, 15) is 14.7 Å². The number of thiophene rings is 1. The average molecular weight is 499 g/mol. The summed E-state index contributed by atoms with van der Waals surface area (Å²) in [5.41, 5.74) is 4.16. The van der Waals surface area contributed by atoms with E-state index in [-0.39, 0.29) is 36.2 Å². The monoisotopic (exact) mass is 498 g/mol. The molecule has 2 saturated carbocycles. The number of nitrogens with zero attached hydrogens (tertiary/aromatic N) is 4. The van der Waals surface area contributed by atoms with Crippen molar-refractivity contribution in [3.05, 3.63) is 45.2 Å². The average Bonchev–Trinajstić information content (AvgIpc) is 3.45. The molecule has 3 fully saturated rings. The maximum absolute atomic E-state index is 13.5. The van der Waals surface area contributed by atoms with Crippen molar-refractivity contribution in [1.82, 2.24) is 19.4 Å². The first-order valence-electron chi connectivity index (χ1n) is 12.0. The summed E-state index contributed by atoms with van der Waals surface area (Å²) in [5, 5.41) is 18.9. The molecule has 9 heteroatoms. The highest BCUT2D eigenvalue weighted by molar-refractivity contribution is 7.08. The predicted molar refractivity (Wildman–Crippen MR) is 131 cm³/mol. The van der Waals surface area contributed by atoms with Gasteiger partial charge in [0.05, 0.1) is 22.3 Å². The third-order valence-corrected chi connectivity index (χ3v) is 8.47. The highest BCUT2D eigenvalue weighted by Gasteiger charge is 2.35. The van der Waals surface area contributed by atoms with E-state index >= 15 is 0 Å². The molecule has 3 aromatic rings. The number of hydrogen-bond acceptors (Lipinski definition) is 5. The Morgan fingerprint density at radius 1 is 1.12 bits per heavy atom. The van der Waals surface area contributed by atoms with Gasteiger partial charge in [0.15, 0.2) is 5.69 Å². The van der Waals surface area contributed by atoms with Crippen LogP contribution in [-0.2, 0) is 4.79 Å².